The van der Waals surface area contributed by atoms with Crippen LogP contribution in [0.15, 0.2) is 27.0 Å². The number of hydrogen-bond acceptors (Lipinski definition) is 5. The van der Waals surface area contributed by atoms with Crippen molar-refractivity contribution in [2.75, 3.05) is 0 Å². The maximum absolute atomic E-state index is 12.4. The molecule has 5 nitrogen and oxygen atoms in total. The first-order chi connectivity index (χ1) is 10.6. The lowest BCUT2D eigenvalue weighted by Gasteiger charge is -2.10. The third kappa shape index (κ3) is 2.85. The van der Waals surface area contributed by atoms with Gasteiger partial charge in [-0.15, -0.1) is 11.3 Å². The average molecular weight is 338 g/mol. The molecule has 2 heterocycles. The van der Waals surface area contributed by atoms with E-state index in [1.54, 1.807) is 18.3 Å². The molecule has 0 saturated heterocycles. The monoisotopic (exact) mass is 338 g/mol. The quantitative estimate of drug-likeness (QED) is 0.905. The van der Waals surface area contributed by atoms with Crippen LogP contribution in [0.3, 0.4) is 0 Å². The molecule has 2 aliphatic rings. The van der Waals surface area contributed by atoms with Crippen molar-refractivity contribution in [3.05, 3.63) is 24.2 Å². The van der Waals surface area contributed by atoms with E-state index >= 15 is 0 Å². The maximum Gasteiger partial charge on any atom is 0.250 e. The van der Waals surface area contributed by atoms with E-state index < -0.39 is 10.0 Å². The lowest BCUT2D eigenvalue weighted by molar-refractivity contribution is 0.510. The van der Waals surface area contributed by atoms with E-state index in [4.69, 9.17) is 4.42 Å². The molecule has 0 bridgehead atoms. The molecule has 0 unspecified atom stereocenters. The minimum atomic E-state index is -3.42. The van der Waals surface area contributed by atoms with Crippen LogP contribution in [0.1, 0.15) is 50.3 Å². The highest BCUT2D eigenvalue weighted by atomic mass is 32.2. The fourth-order valence-electron chi connectivity index (χ4n) is 2.84. The summed E-state index contributed by atoms with van der Waals surface area (Å²) >= 11 is 1.24. The molecule has 0 aliphatic heterocycles. The van der Waals surface area contributed by atoms with Gasteiger partial charge in [-0.25, -0.2) is 18.1 Å². The Labute approximate surface area is 133 Å². The summed E-state index contributed by atoms with van der Waals surface area (Å²) in [5, 5.41) is 0. The van der Waals surface area contributed by atoms with Crippen LogP contribution in [0.5, 0.6) is 0 Å². The Balaban J connectivity index is 1.54. The first-order valence-corrected chi connectivity index (χ1v) is 10.00. The Morgan fingerprint density at radius 1 is 1.18 bits per heavy atom. The van der Waals surface area contributed by atoms with Crippen LogP contribution in [0.4, 0.5) is 0 Å². The molecule has 2 saturated carbocycles. The van der Waals surface area contributed by atoms with E-state index in [9.17, 15) is 8.42 Å². The molecule has 2 aromatic heterocycles. The zero-order chi connectivity index (χ0) is 15.2. The van der Waals surface area contributed by atoms with E-state index in [1.165, 1.54) is 11.3 Å². The number of thiophene rings is 1. The van der Waals surface area contributed by atoms with Gasteiger partial charge in [0, 0.05) is 12.0 Å². The van der Waals surface area contributed by atoms with Crippen molar-refractivity contribution in [1.29, 1.82) is 0 Å². The summed E-state index contributed by atoms with van der Waals surface area (Å²) in [6.45, 7) is 0. The SMILES string of the molecule is O=S(=O)(NC1CCCC1)c1ccc(-c2cnc(C3CC3)o2)s1. The van der Waals surface area contributed by atoms with Crippen LogP contribution in [0.2, 0.25) is 0 Å². The smallest absolute Gasteiger partial charge is 0.250 e. The Hall–Kier alpha value is -1.18. The fourth-order valence-corrected chi connectivity index (χ4v) is 5.41. The van der Waals surface area contributed by atoms with E-state index in [2.05, 4.69) is 9.71 Å². The molecular weight excluding hydrogens is 320 g/mol. The number of nitrogens with zero attached hydrogens (tertiary/aromatic N) is 1. The van der Waals surface area contributed by atoms with E-state index in [-0.39, 0.29) is 6.04 Å². The minimum Gasteiger partial charge on any atom is -0.440 e. The van der Waals surface area contributed by atoms with Crippen molar-refractivity contribution < 1.29 is 12.8 Å². The Morgan fingerprint density at radius 3 is 2.68 bits per heavy atom. The standard InChI is InChI=1S/C15H18N2O3S2/c18-22(19,17-11-3-1-2-4-11)14-8-7-13(21-14)12-9-16-15(20-12)10-5-6-10/h7-11,17H,1-6H2. The Kier molecular flexibility index (Phi) is 3.58. The lowest BCUT2D eigenvalue weighted by Crippen LogP contribution is -2.32. The summed E-state index contributed by atoms with van der Waals surface area (Å²) in [6, 6.07) is 3.53. The number of oxazole rings is 1. The highest BCUT2D eigenvalue weighted by Crippen LogP contribution is 2.41. The second-order valence-electron chi connectivity index (χ2n) is 6.06. The van der Waals surface area contributed by atoms with Crippen molar-refractivity contribution in [1.82, 2.24) is 9.71 Å². The molecule has 2 aromatic rings. The molecule has 2 aliphatic carbocycles. The van der Waals surface area contributed by atoms with Gasteiger partial charge >= 0.3 is 0 Å². The van der Waals surface area contributed by atoms with Crippen LogP contribution in [-0.4, -0.2) is 19.4 Å². The Bertz CT molecular complexity index is 768. The van der Waals surface area contributed by atoms with Gasteiger partial charge in [-0.05, 0) is 37.8 Å². The van der Waals surface area contributed by atoms with Crippen LogP contribution in [0, 0.1) is 0 Å². The molecule has 1 N–H and O–H groups in total. The highest BCUT2D eigenvalue weighted by Gasteiger charge is 2.29. The molecule has 4 rings (SSSR count). The molecule has 2 fully saturated rings. The predicted octanol–water partition coefficient (Wildman–Crippen LogP) is 3.50. The summed E-state index contributed by atoms with van der Waals surface area (Å²) in [5.41, 5.74) is 0. The van der Waals surface area contributed by atoms with Gasteiger partial charge in [0.1, 0.15) is 4.21 Å². The van der Waals surface area contributed by atoms with Gasteiger partial charge in [0.25, 0.3) is 0 Å². The average Bonchev–Trinajstić information content (AvgIpc) is 2.95. The number of nitrogens with one attached hydrogen (secondary N) is 1. The van der Waals surface area contributed by atoms with Crippen LogP contribution >= 0.6 is 11.3 Å². The molecule has 0 radical (unpaired) electrons. The van der Waals surface area contributed by atoms with Crippen LogP contribution in [0.25, 0.3) is 10.6 Å². The largest absolute Gasteiger partial charge is 0.440 e. The predicted molar refractivity (Wildman–Crippen MR) is 84.4 cm³/mol. The second-order valence-corrected chi connectivity index (χ2v) is 9.08. The highest BCUT2D eigenvalue weighted by molar-refractivity contribution is 7.91. The lowest BCUT2D eigenvalue weighted by atomic mass is 10.3. The van der Waals surface area contributed by atoms with Crippen LogP contribution < -0.4 is 4.72 Å². The third-order valence-corrected chi connectivity index (χ3v) is 7.33. The minimum absolute atomic E-state index is 0.0855. The van der Waals surface area contributed by atoms with Crippen molar-refractivity contribution in [2.45, 2.75) is 54.7 Å². The number of sulfonamides is 1. The number of hydrogen-bond donors (Lipinski definition) is 1. The van der Waals surface area contributed by atoms with Gasteiger partial charge in [0.2, 0.25) is 10.0 Å². The van der Waals surface area contributed by atoms with Gasteiger partial charge in [-0.3, -0.25) is 0 Å². The molecule has 7 heteroatoms. The molecule has 0 amide bonds. The zero-order valence-electron chi connectivity index (χ0n) is 12.1. The molecular formula is C15H18N2O3S2. The van der Waals surface area contributed by atoms with Crippen molar-refractivity contribution in [3.63, 3.8) is 0 Å². The van der Waals surface area contributed by atoms with E-state index in [1.807, 2.05) is 0 Å². The second kappa shape index (κ2) is 5.47. The topological polar surface area (TPSA) is 72.2 Å². The summed E-state index contributed by atoms with van der Waals surface area (Å²) < 4.78 is 33.7. The molecule has 0 aromatic carbocycles. The summed E-state index contributed by atoms with van der Waals surface area (Å²) in [7, 11) is -3.42. The molecule has 22 heavy (non-hydrogen) atoms. The fraction of sp³-hybridized carbons (Fsp3) is 0.533. The van der Waals surface area contributed by atoms with Crippen molar-refractivity contribution >= 4 is 21.4 Å². The number of aromatic nitrogens is 1. The summed E-state index contributed by atoms with van der Waals surface area (Å²) in [6.07, 6.45) is 8.04. The molecule has 118 valence electrons. The third-order valence-electron chi connectivity index (χ3n) is 4.22. The van der Waals surface area contributed by atoms with E-state index in [0.29, 0.717) is 15.9 Å². The van der Waals surface area contributed by atoms with Crippen molar-refractivity contribution in [3.8, 4) is 10.6 Å². The van der Waals surface area contributed by atoms with Gasteiger partial charge in [0.05, 0.1) is 11.1 Å². The van der Waals surface area contributed by atoms with E-state index in [0.717, 1.165) is 49.3 Å². The van der Waals surface area contributed by atoms with Gasteiger partial charge in [-0.2, -0.15) is 0 Å². The van der Waals surface area contributed by atoms with Gasteiger partial charge in [0.15, 0.2) is 11.7 Å². The first-order valence-electron chi connectivity index (χ1n) is 7.70. The maximum atomic E-state index is 12.4. The zero-order valence-corrected chi connectivity index (χ0v) is 13.8. The number of rotatable bonds is 5. The van der Waals surface area contributed by atoms with Gasteiger partial charge < -0.3 is 4.42 Å². The summed E-state index contributed by atoms with van der Waals surface area (Å²) in [4.78, 5) is 5.10. The van der Waals surface area contributed by atoms with Crippen LogP contribution in [-0.2, 0) is 10.0 Å². The summed E-state index contributed by atoms with van der Waals surface area (Å²) in [5.74, 6) is 1.90. The molecule has 0 spiro atoms. The Morgan fingerprint density at radius 2 is 1.95 bits per heavy atom. The molecule has 0 atom stereocenters. The first kappa shape index (κ1) is 14.4. The van der Waals surface area contributed by atoms with Crippen molar-refractivity contribution in [2.24, 2.45) is 0 Å². The van der Waals surface area contributed by atoms with Gasteiger partial charge in [-0.1, -0.05) is 12.8 Å². The normalized spacial score (nSPS) is 19.8.